The zero-order valence-corrected chi connectivity index (χ0v) is 6.28. The molecule has 0 aliphatic carbocycles. The summed E-state index contributed by atoms with van der Waals surface area (Å²) in [7, 11) is 0. The van der Waals surface area contributed by atoms with E-state index in [1.807, 2.05) is 13.8 Å². The fourth-order valence-electron chi connectivity index (χ4n) is 0.453. The van der Waals surface area contributed by atoms with E-state index in [2.05, 4.69) is 12.2 Å². The second-order valence-electron chi connectivity index (χ2n) is 2.78. The number of guanidine groups is 1. The molecule has 54 valence electrons. The molecule has 9 heavy (non-hydrogen) atoms. The van der Waals surface area contributed by atoms with Gasteiger partial charge in [0.25, 0.3) is 0 Å². The second-order valence-corrected chi connectivity index (χ2v) is 2.78. The number of rotatable bonds is 2. The lowest BCUT2D eigenvalue weighted by Gasteiger charge is -2.24. The van der Waals surface area contributed by atoms with Crippen LogP contribution in [0, 0.1) is 5.41 Å². The minimum atomic E-state index is -0.0359. The van der Waals surface area contributed by atoms with Crippen molar-refractivity contribution in [3.8, 4) is 0 Å². The first-order chi connectivity index (χ1) is 3.98. The van der Waals surface area contributed by atoms with Gasteiger partial charge in [-0.05, 0) is 20.3 Å². The molecule has 0 atom stereocenters. The molecule has 0 aliphatic rings. The summed E-state index contributed by atoms with van der Waals surface area (Å²) in [5.74, 6) is 0.0434. The Morgan fingerprint density at radius 3 is 2.22 bits per heavy atom. The van der Waals surface area contributed by atoms with Crippen LogP contribution >= 0.6 is 0 Å². The van der Waals surface area contributed by atoms with E-state index >= 15 is 0 Å². The van der Waals surface area contributed by atoms with E-state index in [1.165, 1.54) is 0 Å². The molecule has 3 nitrogen and oxygen atoms in total. The van der Waals surface area contributed by atoms with Gasteiger partial charge in [0.2, 0.25) is 0 Å². The molecule has 0 aromatic rings. The Morgan fingerprint density at radius 2 is 2.11 bits per heavy atom. The number of hydrogen-bond acceptors (Lipinski definition) is 1. The summed E-state index contributed by atoms with van der Waals surface area (Å²) < 4.78 is 0. The van der Waals surface area contributed by atoms with Crippen LogP contribution in [-0.4, -0.2) is 11.5 Å². The van der Waals surface area contributed by atoms with E-state index < -0.39 is 0 Å². The van der Waals surface area contributed by atoms with Crippen molar-refractivity contribution in [2.24, 2.45) is 5.73 Å². The zero-order chi connectivity index (χ0) is 7.49. The van der Waals surface area contributed by atoms with Gasteiger partial charge in [0.15, 0.2) is 5.96 Å². The number of nitrogens with one attached hydrogen (secondary N) is 2. The maximum atomic E-state index is 6.92. The normalized spacial score (nSPS) is 11.0. The predicted octanol–water partition coefficient (Wildman–Crippen LogP) is 0.658. The molecule has 0 fully saturated rings. The van der Waals surface area contributed by atoms with E-state index in [9.17, 15) is 0 Å². The molecule has 0 amide bonds. The Hall–Kier alpha value is -0.730. The van der Waals surface area contributed by atoms with Crippen LogP contribution in [0.1, 0.15) is 27.2 Å². The third kappa shape index (κ3) is 3.82. The van der Waals surface area contributed by atoms with Crippen LogP contribution < -0.4 is 11.1 Å². The van der Waals surface area contributed by atoms with Gasteiger partial charge in [0.1, 0.15) is 0 Å². The Labute approximate surface area is 56.1 Å². The highest BCUT2D eigenvalue weighted by molar-refractivity contribution is 5.75. The number of hydrogen-bond donors (Lipinski definition) is 3. The Balaban J connectivity index is 3.71. The van der Waals surface area contributed by atoms with Crippen LogP contribution in [-0.2, 0) is 0 Å². The molecule has 0 bridgehead atoms. The monoisotopic (exact) mass is 129 g/mol. The van der Waals surface area contributed by atoms with Crippen molar-refractivity contribution in [3.05, 3.63) is 0 Å². The van der Waals surface area contributed by atoms with Gasteiger partial charge in [-0.2, -0.15) is 0 Å². The molecule has 0 saturated carbocycles. The molecule has 4 N–H and O–H groups in total. The van der Waals surface area contributed by atoms with Gasteiger partial charge in [0.05, 0.1) is 0 Å². The molecule has 0 aromatic carbocycles. The van der Waals surface area contributed by atoms with E-state index in [0.29, 0.717) is 0 Å². The maximum Gasteiger partial charge on any atom is 0.186 e. The van der Waals surface area contributed by atoms with Gasteiger partial charge in [0, 0.05) is 5.54 Å². The van der Waals surface area contributed by atoms with Gasteiger partial charge in [-0.25, -0.2) is 0 Å². The van der Waals surface area contributed by atoms with E-state index in [4.69, 9.17) is 11.1 Å². The molecular formula is C6H15N3. The van der Waals surface area contributed by atoms with E-state index in [-0.39, 0.29) is 11.5 Å². The third-order valence-electron chi connectivity index (χ3n) is 1.36. The van der Waals surface area contributed by atoms with Crippen molar-refractivity contribution in [3.63, 3.8) is 0 Å². The lowest BCUT2D eigenvalue weighted by molar-refractivity contribution is 0.442. The summed E-state index contributed by atoms with van der Waals surface area (Å²) in [6.45, 7) is 6.07. The van der Waals surface area contributed by atoms with Crippen LogP contribution in [0.25, 0.3) is 0 Å². The summed E-state index contributed by atoms with van der Waals surface area (Å²) in [6, 6.07) is 0. The van der Waals surface area contributed by atoms with Crippen LogP contribution in [0.3, 0.4) is 0 Å². The molecule has 0 rings (SSSR count). The largest absolute Gasteiger partial charge is 0.370 e. The molecule has 0 spiro atoms. The first-order valence-electron chi connectivity index (χ1n) is 3.10. The summed E-state index contributed by atoms with van der Waals surface area (Å²) in [4.78, 5) is 0. The smallest absolute Gasteiger partial charge is 0.186 e. The van der Waals surface area contributed by atoms with Crippen molar-refractivity contribution in [2.45, 2.75) is 32.7 Å². The van der Waals surface area contributed by atoms with E-state index in [0.717, 1.165) is 6.42 Å². The first-order valence-corrected chi connectivity index (χ1v) is 3.10. The highest BCUT2D eigenvalue weighted by atomic mass is 15.1. The quantitative estimate of drug-likeness (QED) is 0.379. The summed E-state index contributed by atoms with van der Waals surface area (Å²) in [5.41, 5.74) is 5.09. The summed E-state index contributed by atoms with van der Waals surface area (Å²) in [5, 5.41) is 9.75. The van der Waals surface area contributed by atoms with Crippen molar-refractivity contribution >= 4 is 5.96 Å². The molecule has 3 heteroatoms. The topological polar surface area (TPSA) is 61.9 Å². The standard InChI is InChI=1S/C6H15N3/c1-4-6(2,3)9-5(7)8/h4H2,1-3H3,(H4,7,8,9). The highest BCUT2D eigenvalue weighted by Crippen LogP contribution is 2.04. The summed E-state index contributed by atoms with van der Waals surface area (Å²) >= 11 is 0. The van der Waals surface area contributed by atoms with Gasteiger partial charge in [-0.1, -0.05) is 6.92 Å². The number of nitrogens with two attached hydrogens (primary N) is 1. The fraction of sp³-hybridized carbons (Fsp3) is 0.833. The molecule has 0 heterocycles. The molecular weight excluding hydrogens is 114 g/mol. The Morgan fingerprint density at radius 1 is 1.67 bits per heavy atom. The lowest BCUT2D eigenvalue weighted by atomic mass is 10.0. The highest BCUT2D eigenvalue weighted by Gasteiger charge is 2.13. The van der Waals surface area contributed by atoms with Gasteiger partial charge in [-0.15, -0.1) is 0 Å². The van der Waals surface area contributed by atoms with Gasteiger partial charge < -0.3 is 11.1 Å². The average molecular weight is 129 g/mol. The van der Waals surface area contributed by atoms with Gasteiger partial charge in [-0.3, -0.25) is 5.41 Å². The maximum absolute atomic E-state index is 6.92. The molecule has 0 radical (unpaired) electrons. The molecule has 0 unspecified atom stereocenters. The second kappa shape index (κ2) is 2.71. The average Bonchev–Trinajstić information content (AvgIpc) is 1.63. The lowest BCUT2D eigenvalue weighted by Crippen LogP contribution is -2.46. The molecule has 0 aliphatic heterocycles. The Kier molecular flexibility index (Phi) is 2.49. The predicted molar refractivity (Wildman–Crippen MR) is 39.4 cm³/mol. The van der Waals surface area contributed by atoms with Crippen LogP contribution in [0.2, 0.25) is 0 Å². The van der Waals surface area contributed by atoms with Gasteiger partial charge >= 0.3 is 0 Å². The third-order valence-corrected chi connectivity index (χ3v) is 1.36. The van der Waals surface area contributed by atoms with Crippen LogP contribution in [0.15, 0.2) is 0 Å². The van der Waals surface area contributed by atoms with E-state index in [1.54, 1.807) is 0 Å². The fourth-order valence-corrected chi connectivity index (χ4v) is 0.453. The molecule has 0 aromatic heterocycles. The molecule has 0 saturated heterocycles. The van der Waals surface area contributed by atoms with Crippen molar-refractivity contribution < 1.29 is 0 Å². The van der Waals surface area contributed by atoms with Crippen LogP contribution in [0.4, 0.5) is 0 Å². The van der Waals surface area contributed by atoms with Crippen molar-refractivity contribution in [1.29, 1.82) is 5.41 Å². The minimum absolute atomic E-state index is 0.0359. The Bertz CT molecular complexity index is 107. The van der Waals surface area contributed by atoms with Crippen LogP contribution in [0.5, 0.6) is 0 Å². The first kappa shape index (κ1) is 8.27. The van der Waals surface area contributed by atoms with Crippen molar-refractivity contribution in [2.75, 3.05) is 0 Å². The summed E-state index contributed by atoms with van der Waals surface area (Å²) in [6.07, 6.45) is 0.965. The minimum Gasteiger partial charge on any atom is -0.370 e. The van der Waals surface area contributed by atoms with Crippen molar-refractivity contribution in [1.82, 2.24) is 5.32 Å². The zero-order valence-electron chi connectivity index (χ0n) is 6.28. The SMILES string of the molecule is CCC(C)(C)NC(=N)N.